The minimum atomic E-state index is -0.421. The molecule has 0 saturated carbocycles. The molecule has 0 radical (unpaired) electrons. The van der Waals surface area contributed by atoms with Crippen LogP contribution in [0.25, 0.3) is 0 Å². The summed E-state index contributed by atoms with van der Waals surface area (Å²) < 4.78 is 0. The first-order chi connectivity index (χ1) is 9.09. The predicted molar refractivity (Wildman–Crippen MR) is 77.7 cm³/mol. The van der Waals surface area contributed by atoms with E-state index in [1.807, 2.05) is 35.2 Å². The van der Waals surface area contributed by atoms with Gasteiger partial charge in [-0.05, 0) is 37.7 Å². The number of likely N-dealkylation sites (tertiary alicyclic amines) is 1. The predicted octanol–water partition coefficient (Wildman–Crippen LogP) is 2.20. The Morgan fingerprint density at radius 2 is 2.05 bits per heavy atom. The minimum Gasteiger partial charge on any atom is -0.338 e. The molecule has 3 nitrogen and oxygen atoms in total. The summed E-state index contributed by atoms with van der Waals surface area (Å²) in [6, 6.07) is 9.88. The van der Waals surface area contributed by atoms with E-state index in [9.17, 15) is 4.79 Å². The molecule has 2 rings (SSSR count). The van der Waals surface area contributed by atoms with Crippen molar-refractivity contribution >= 4 is 5.91 Å². The Hall–Kier alpha value is -1.35. The Balaban J connectivity index is 1.99. The first-order valence-electron chi connectivity index (χ1n) is 7.19. The molecule has 0 aliphatic carbocycles. The second kappa shape index (κ2) is 6.20. The fourth-order valence-corrected chi connectivity index (χ4v) is 2.81. The number of benzene rings is 1. The van der Waals surface area contributed by atoms with Crippen LogP contribution in [0.15, 0.2) is 30.3 Å². The molecule has 19 heavy (non-hydrogen) atoms. The summed E-state index contributed by atoms with van der Waals surface area (Å²) in [6.45, 7) is 5.20. The summed E-state index contributed by atoms with van der Waals surface area (Å²) >= 11 is 0. The monoisotopic (exact) mass is 260 g/mol. The third-order valence-electron chi connectivity index (χ3n) is 4.27. The lowest BCUT2D eigenvalue weighted by Gasteiger charge is -2.39. The molecule has 3 unspecified atom stereocenters. The Morgan fingerprint density at radius 1 is 1.37 bits per heavy atom. The molecule has 1 saturated heterocycles. The smallest absolute Gasteiger partial charge is 0.240 e. The van der Waals surface area contributed by atoms with Crippen LogP contribution in [0.5, 0.6) is 0 Å². The molecule has 104 valence electrons. The van der Waals surface area contributed by atoms with E-state index in [0.717, 1.165) is 18.5 Å². The van der Waals surface area contributed by atoms with Crippen molar-refractivity contribution in [3.8, 4) is 0 Å². The van der Waals surface area contributed by atoms with Crippen molar-refractivity contribution in [3.05, 3.63) is 35.9 Å². The lowest BCUT2D eigenvalue weighted by molar-refractivity contribution is -0.137. The molecule has 1 aliphatic heterocycles. The zero-order chi connectivity index (χ0) is 13.8. The number of hydrogen-bond donors (Lipinski definition) is 1. The second-order valence-corrected chi connectivity index (χ2v) is 5.69. The number of amides is 1. The fraction of sp³-hybridized carbons (Fsp3) is 0.562. The Bertz CT molecular complexity index is 418. The van der Waals surface area contributed by atoms with Gasteiger partial charge in [-0.3, -0.25) is 4.79 Å². The molecule has 1 heterocycles. The first-order valence-corrected chi connectivity index (χ1v) is 7.19. The molecule has 1 aliphatic rings. The van der Waals surface area contributed by atoms with E-state index in [-0.39, 0.29) is 5.91 Å². The van der Waals surface area contributed by atoms with Crippen molar-refractivity contribution in [2.75, 3.05) is 6.54 Å². The third kappa shape index (κ3) is 3.35. The Labute approximate surface area is 115 Å². The average molecular weight is 260 g/mol. The second-order valence-electron chi connectivity index (χ2n) is 5.69. The number of nitrogens with zero attached hydrogens (tertiary/aromatic N) is 1. The SMILES string of the molecule is CC1CCCN(C(=O)C(N)Cc2ccccc2)C1C. The summed E-state index contributed by atoms with van der Waals surface area (Å²) in [5.74, 6) is 0.671. The van der Waals surface area contributed by atoms with Crippen molar-refractivity contribution in [2.24, 2.45) is 11.7 Å². The number of rotatable bonds is 3. The standard InChI is InChI=1S/C16H24N2O/c1-12-7-6-10-18(13(12)2)16(19)15(17)11-14-8-4-3-5-9-14/h3-5,8-9,12-13,15H,6-7,10-11,17H2,1-2H3. The van der Waals surface area contributed by atoms with Crippen molar-refractivity contribution in [2.45, 2.75) is 45.2 Å². The van der Waals surface area contributed by atoms with Crippen LogP contribution in [0.2, 0.25) is 0 Å². The quantitative estimate of drug-likeness (QED) is 0.905. The van der Waals surface area contributed by atoms with E-state index >= 15 is 0 Å². The Morgan fingerprint density at radius 3 is 2.74 bits per heavy atom. The van der Waals surface area contributed by atoms with Gasteiger partial charge >= 0.3 is 0 Å². The van der Waals surface area contributed by atoms with Crippen molar-refractivity contribution < 1.29 is 4.79 Å². The van der Waals surface area contributed by atoms with E-state index in [2.05, 4.69) is 13.8 Å². The maximum atomic E-state index is 12.5. The Kier molecular flexibility index (Phi) is 4.59. The highest BCUT2D eigenvalue weighted by atomic mass is 16.2. The van der Waals surface area contributed by atoms with Gasteiger partial charge in [0.1, 0.15) is 0 Å². The van der Waals surface area contributed by atoms with Crippen LogP contribution < -0.4 is 5.73 Å². The van der Waals surface area contributed by atoms with E-state index in [4.69, 9.17) is 5.73 Å². The molecular formula is C16H24N2O. The van der Waals surface area contributed by atoms with Crippen LogP contribution in [0.3, 0.4) is 0 Å². The van der Waals surface area contributed by atoms with E-state index < -0.39 is 6.04 Å². The highest BCUT2D eigenvalue weighted by Crippen LogP contribution is 2.23. The normalized spacial score (nSPS) is 25.1. The van der Waals surface area contributed by atoms with Gasteiger partial charge in [0.15, 0.2) is 0 Å². The third-order valence-corrected chi connectivity index (χ3v) is 4.27. The topological polar surface area (TPSA) is 46.3 Å². The van der Waals surface area contributed by atoms with Crippen molar-refractivity contribution in [1.82, 2.24) is 4.90 Å². The van der Waals surface area contributed by atoms with E-state index in [0.29, 0.717) is 18.4 Å². The van der Waals surface area contributed by atoms with Crippen LogP contribution in [0.4, 0.5) is 0 Å². The van der Waals surface area contributed by atoms with Crippen LogP contribution >= 0.6 is 0 Å². The summed E-state index contributed by atoms with van der Waals surface area (Å²) in [5.41, 5.74) is 7.22. The number of piperidine rings is 1. The molecule has 3 heteroatoms. The van der Waals surface area contributed by atoms with Crippen LogP contribution in [-0.4, -0.2) is 29.4 Å². The minimum absolute atomic E-state index is 0.0999. The van der Waals surface area contributed by atoms with Gasteiger partial charge in [-0.1, -0.05) is 37.3 Å². The van der Waals surface area contributed by atoms with Crippen LogP contribution in [-0.2, 0) is 11.2 Å². The summed E-state index contributed by atoms with van der Waals surface area (Å²) in [6.07, 6.45) is 2.92. The zero-order valence-electron chi connectivity index (χ0n) is 11.9. The van der Waals surface area contributed by atoms with Gasteiger partial charge in [0.05, 0.1) is 6.04 Å². The molecule has 0 aromatic heterocycles. The van der Waals surface area contributed by atoms with E-state index in [1.54, 1.807) is 0 Å². The van der Waals surface area contributed by atoms with Gasteiger partial charge < -0.3 is 10.6 Å². The molecule has 1 fully saturated rings. The van der Waals surface area contributed by atoms with Gasteiger partial charge in [0.2, 0.25) is 5.91 Å². The van der Waals surface area contributed by atoms with Gasteiger partial charge in [0, 0.05) is 12.6 Å². The number of hydrogen-bond acceptors (Lipinski definition) is 2. The summed E-state index contributed by atoms with van der Waals surface area (Å²) in [5, 5.41) is 0. The van der Waals surface area contributed by atoms with Crippen LogP contribution in [0, 0.1) is 5.92 Å². The van der Waals surface area contributed by atoms with E-state index in [1.165, 1.54) is 6.42 Å². The zero-order valence-corrected chi connectivity index (χ0v) is 11.9. The molecule has 1 amide bonds. The fourth-order valence-electron chi connectivity index (χ4n) is 2.81. The molecule has 1 aromatic carbocycles. The van der Waals surface area contributed by atoms with Crippen molar-refractivity contribution in [1.29, 1.82) is 0 Å². The molecule has 1 aromatic rings. The largest absolute Gasteiger partial charge is 0.338 e. The van der Waals surface area contributed by atoms with Crippen LogP contribution in [0.1, 0.15) is 32.3 Å². The summed E-state index contributed by atoms with van der Waals surface area (Å²) in [4.78, 5) is 14.4. The number of carbonyl (C=O) groups excluding carboxylic acids is 1. The highest BCUT2D eigenvalue weighted by Gasteiger charge is 2.30. The average Bonchev–Trinajstić information content (AvgIpc) is 2.42. The maximum Gasteiger partial charge on any atom is 0.240 e. The van der Waals surface area contributed by atoms with Crippen molar-refractivity contribution in [3.63, 3.8) is 0 Å². The molecule has 0 spiro atoms. The van der Waals surface area contributed by atoms with Gasteiger partial charge in [-0.2, -0.15) is 0 Å². The number of nitrogens with two attached hydrogens (primary N) is 1. The molecule has 2 N–H and O–H groups in total. The first kappa shape index (κ1) is 14.1. The van der Waals surface area contributed by atoms with Gasteiger partial charge in [0.25, 0.3) is 0 Å². The molecule has 3 atom stereocenters. The summed E-state index contributed by atoms with van der Waals surface area (Å²) in [7, 11) is 0. The van der Waals surface area contributed by atoms with Gasteiger partial charge in [-0.15, -0.1) is 0 Å². The lowest BCUT2D eigenvalue weighted by atomic mass is 9.91. The lowest BCUT2D eigenvalue weighted by Crippen LogP contribution is -2.52. The molecule has 0 bridgehead atoms. The maximum absolute atomic E-state index is 12.5. The molecular weight excluding hydrogens is 236 g/mol. The van der Waals surface area contributed by atoms with Gasteiger partial charge in [-0.25, -0.2) is 0 Å². The highest BCUT2D eigenvalue weighted by molar-refractivity contribution is 5.82. The number of carbonyl (C=O) groups is 1.